The van der Waals surface area contributed by atoms with E-state index in [2.05, 4.69) is 22.0 Å². The number of carbonyl (C=O) groups excluding carboxylic acids is 3. The van der Waals surface area contributed by atoms with E-state index in [4.69, 9.17) is 0 Å². The fourth-order valence-electron chi connectivity index (χ4n) is 6.31. The number of nitrogens with zero attached hydrogens (tertiary/aromatic N) is 5. The number of ketones is 2. The molecular formula is C32H33N5O3. The second kappa shape index (κ2) is 9.77. The number of Topliss-reactive ketones (excluding diaryl/α,β-unsaturated/α-hetero) is 2. The Hall–Kier alpha value is -4.20. The summed E-state index contributed by atoms with van der Waals surface area (Å²) in [5, 5.41) is 5.31. The molecule has 0 unspecified atom stereocenters. The Bertz CT molecular complexity index is 1640. The molecule has 1 saturated heterocycles. The van der Waals surface area contributed by atoms with Crippen LogP contribution in [-0.2, 0) is 22.6 Å². The number of carbonyl (C=O) groups is 3. The third-order valence-electron chi connectivity index (χ3n) is 8.56. The molecule has 6 rings (SSSR count). The zero-order valence-corrected chi connectivity index (χ0v) is 23.3. The lowest BCUT2D eigenvalue weighted by Crippen LogP contribution is -2.44. The Kier molecular flexibility index (Phi) is 6.36. The average Bonchev–Trinajstić information content (AvgIpc) is 3.29. The molecule has 1 aliphatic heterocycles. The Labute approximate surface area is 233 Å². The van der Waals surface area contributed by atoms with Gasteiger partial charge < -0.3 is 4.90 Å². The molecular weight excluding hydrogens is 502 g/mol. The van der Waals surface area contributed by atoms with Crippen molar-refractivity contribution in [3.8, 4) is 11.1 Å². The van der Waals surface area contributed by atoms with Crippen molar-refractivity contribution in [3.05, 3.63) is 77.5 Å². The smallest absolute Gasteiger partial charge is 0.245 e. The van der Waals surface area contributed by atoms with Gasteiger partial charge in [-0.3, -0.25) is 19.1 Å². The summed E-state index contributed by atoms with van der Waals surface area (Å²) in [6.45, 7) is 7.42. The normalized spacial score (nSPS) is 21.4. The third kappa shape index (κ3) is 4.61. The molecule has 2 aromatic heterocycles. The minimum Gasteiger partial charge on any atom is -0.327 e. The van der Waals surface area contributed by atoms with Crippen LogP contribution in [0.5, 0.6) is 0 Å². The molecule has 3 atom stereocenters. The number of hydrogen-bond acceptors (Lipinski definition) is 6. The molecule has 0 N–H and O–H groups in total. The number of hydrogen-bond donors (Lipinski definition) is 0. The van der Waals surface area contributed by atoms with E-state index in [0.717, 1.165) is 34.2 Å². The molecule has 204 valence electrons. The van der Waals surface area contributed by atoms with Gasteiger partial charge >= 0.3 is 0 Å². The van der Waals surface area contributed by atoms with Gasteiger partial charge in [0.2, 0.25) is 5.91 Å². The lowest BCUT2D eigenvalue weighted by molar-refractivity contribution is -0.139. The highest BCUT2D eigenvalue weighted by Crippen LogP contribution is 2.59. The van der Waals surface area contributed by atoms with Crippen LogP contribution in [0, 0.1) is 19.3 Å². The summed E-state index contributed by atoms with van der Waals surface area (Å²) in [4.78, 5) is 50.3. The molecule has 0 bridgehead atoms. The monoisotopic (exact) mass is 535 g/mol. The topological polar surface area (TPSA) is 98.1 Å². The van der Waals surface area contributed by atoms with E-state index in [0.29, 0.717) is 36.2 Å². The van der Waals surface area contributed by atoms with E-state index in [1.165, 1.54) is 6.92 Å². The number of piperidine rings is 1. The van der Waals surface area contributed by atoms with Gasteiger partial charge in [0, 0.05) is 42.7 Å². The first kappa shape index (κ1) is 26.0. The fourth-order valence-corrected chi connectivity index (χ4v) is 6.31. The molecule has 0 spiro atoms. The van der Waals surface area contributed by atoms with Gasteiger partial charge in [0.05, 0.1) is 11.6 Å². The second-order valence-corrected chi connectivity index (χ2v) is 11.6. The van der Waals surface area contributed by atoms with E-state index < -0.39 is 6.04 Å². The second-order valence-electron chi connectivity index (χ2n) is 11.6. The molecule has 2 fully saturated rings. The Morgan fingerprint density at radius 2 is 1.73 bits per heavy atom. The number of amides is 1. The van der Waals surface area contributed by atoms with Crippen molar-refractivity contribution in [2.75, 3.05) is 0 Å². The predicted octanol–water partition coefficient (Wildman–Crippen LogP) is 4.89. The highest BCUT2D eigenvalue weighted by atomic mass is 16.2. The molecule has 4 aromatic rings. The standard InChI is InChI=1S/C32H33N5O3/c1-19-12-23(24-16-33-21(3)34-17-24)13-25-30(20(2)38)35-36(31(19)25)18-29(40)37-26(14-32(4)15-28(32)37)27(39)11-10-22-8-6-5-7-9-22/h5-9,12-13,16-17,26,28H,10-11,14-15,18H2,1-4H3/t26-,28+,32-/m0/s1. The number of rotatable bonds is 8. The fraction of sp³-hybridized carbons (Fsp3) is 0.375. The van der Waals surface area contributed by atoms with Crippen LogP contribution < -0.4 is 0 Å². The average molecular weight is 536 g/mol. The van der Waals surface area contributed by atoms with Gasteiger partial charge in [-0.2, -0.15) is 5.10 Å². The van der Waals surface area contributed by atoms with E-state index >= 15 is 0 Å². The maximum absolute atomic E-state index is 13.8. The molecule has 1 saturated carbocycles. The molecule has 40 heavy (non-hydrogen) atoms. The van der Waals surface area contributed by atoms with E-state index in [-0.39, 0.29) is 35.5 Å². The third-order valence-corrected chi connectivity index (χ3v) is 8.56. The van der Waals surface area contributed by atoms with Crippen LogP contribution in [0.3, 0.4) is 0 Å². The van der Waals surface area contributed by atoms with Gasteiger partial charge in [0.1, 0.15) is 18.1 Å². The van der Waals surface area contributed by atoms with Gasteiger partial charge in [0.25, 0.3) is 0 Å². The molecule has 8 nitrogen and oxygen atoms in total. The first-order valence-electron chi connectivity index (χ1n) is 13.8. The summed E-state index contributed by atoms with van der Waals surface area (Å²) in [7, 11) is 0. The van der Waals surface area contributed by atoms with Crippen LogP contribution >= 0.6 is 0 Å². The molecule has 3 heterocycles. The van der Waals surface area contributed by atoms with Crippen LogP contribution in [-0.4, -0.2) is 54.2 Å². The molecule has 8 heteroatoms. The van der Waals surface area contributed by atoms with Crippen LogP contribution in [0.15, 0.2) is 54.9 Å². The van der Waals surface area contributed by atoms with Crippen LogP contribution in [0.4, 0.5) is 0 Å². The quantitative estimate of drug-likeness (QED) is 0.298. The summed E-state index contributed by atoms with van der Waals surface area (Å²) in [5.74, 6) is 0.501. The zero-order valence-electron chi connectivity index (χ0n) is 23.3. The first-order valence-corrected chi connectivity index (χ1v) is 13.8. The first-order chi connectivity index (χ1) is 19.1. The van der Waals surface area contributed by atoms with Crippen molar-refractivity contribution < 1.29 is 14.4 Å². The van der Waals surface area contributed by atoms with Crippen molar-refractivity contribution in [1.82, 2.24) is 24.6 Å². The van der Waals surface area contributed by atoms with Crippen molar-refractivity contribution in [1.29, 1.82) is 0 Å². The van der Waals surface area contributed by atoms with Gasteiger partial charge in [-0.1, -0.05) is 37.3 Å². The van der Waals surface area contributed by atoms with E-state index in [1.807, 2.05) is 61.2 Å². The van der Waals surface area contributed by atoms with E-state index in [1.54, 1.807) is 17.1 Å². The predicted molar refractivity (Wildman–Crippen MR) is 152 cm³/mol. The highest BCUT2D eigenvalue weighted by Gasteiger charge is 2.64. The Morgan fingerprint density at radius 3 is 2.42 bits per heavy atom. The van der Waals surface area contributed by atoms with E-state index in [9.17, 15) is 14.4 Å². The molecule has 0 radical (unpaired) electrons. The van der Waals surface area contributed by atoms with Gasteiger partial charge in [-0.05, 0) is 67.3 Å². The number of aromatic nitrogens is 4. The number of fused-ring (bicyclic) bond motifs is 2. The van der Waals surface area contributed by atoms with Gasteiger partial charge in [0.15, 0.2) is 11.6 Å². The molecule has 2 aromatic carbocycles. The van der Waals surface area contributed by atoms with Crippen LogP contribution in [0.2, 0.25) is 0 Å². The Balaban J connectivity index is 1.29. The molecule has 1 amide bonds. The Morgan fingerprint density at radius 1 is 1.00 bits per heavy atom. The summed E-state index contributed by atoms with van der Waals surface area (Å²) in [5.41, 5.74) is 4.82. The minimum absolute atomic E-state index is 0.000387. The minimum atomic E-state index is -0.414. The van der Waals surface area contributed by atoms with Gasteiger partial charge in [-0.25, -0.2) is 9.97 Å². The lowest BCUT2D eigenvalue weighted by Gasteiger charge is -2.27. The van der Waals surface area contributed by atoms with Crippen molar-refractivity contribution in [2.24, 2.45) is 5.41 Å². The molecule has 2 aliphatic rings. The van der Waals surface area contributed by atoms with Crippen molar-refractivity contribution in [2.45, 2.75) is 72.0 Å². The maximum atomic E-state index is 13.8. The summed E-state index contributed by atoms with van der Waals surface area (Å²) < 4.78 is 1.64. The lowest BCUT2D eigenvalue weighted by atomic mass is 9.96. The van der Waals surface area contributed by atoms with Crippen molar-refractivity contribution >= 4 is 28.4 Å². The van der Waals surface area contributed by atoms with Crippen molar-refractivity contribution in [3.63, 3.8) is 0 Å². The summed E-state index contributed by atoms with van der Waals surface area (Å²) >= 11 is 0. The maximum Gasteiger partial charge on any atom is 0.245 e. The highest BCUT2D eigenvalue weighted by molar-refractivity contribution is 6.07. The van der Waals surface area contributed by atoms with Crippen LogP contribution in [0.1, 0.15) is 60.5 Å². The number of likely N-dealkylation sites (tertiary alicyclic amines) is 1. The zero-order chi connectivity index (χ0) is 28.2. The summed E-state index contributed by atoms with van der Waals surface area (Å²) in [6, 6.07) is 13.6. The van der Waals surface area contributed by atoms with Gasteiger partial charge in [-0.15, -0.1) is 0 Å². The summed E-state index contributed by atoms with van der Waals surface area (Å²) in [6.07, 6.45) is 6.22. The largest absolute Gasteiger partial charge is 0.327 e. The molecule has 1 aliphatic carbocycles. The van der Waals surface area contributed by atoms with Crippen LogP contribution in [0.25, 0.3) is 22.0 Å². The SMILES string of the molecule is CC(=O)c1nn(CC(=O)N2[C@H](C(=O)CCc3ccccc3)C[C@@]3(C)C[C@@H]23)c2c(C)cc(-c3cnc(C)nc3)cc12. The number of benzene rings is 2. The number of aryl methyl sites for hydroxylation is 3.